The van der Waals surface area contributed by atoms with Crippen molar-refractivity contribution >= 4 is 33.4 Å². The van der Waals surface area contributed by atoms with E-state index in [-0.39, 0.29) is 0 Å². The zero-order valence-corrected chi connectivity index (χ0v) is 13.6. The molecule has 1 N–H and O–H groups in total. The van der Waals surface area contributed by atoms with Crippen LogP contribution in [0, 0.1) is 11.3 Å². The van der Waals surface area contributed by atoms with Crippen LogP contribution in [0.3, 0.4) is 0 Å². The number of nitriles is 1. The van der Waals surface area contributed by atoms with Crippen LogP contribution in [0.4, 0.5) is 17.5 Å². The molecule has 0 fully saturated rings. The van der Waals surface area contributed by atoms with E-state index in [1.54, 1.807) is 12.3 Å². The first-order valence-electron chi connectivity index (χ1n) is 6.66. The summed E-state index contributed by atoms with van der Waals surface area (Å²) >= 11 is 3.47. The lowest BCUT2D eigenvalue weighted by Crippen LogP contribution is -2.15. The lowest BCUT2D eigenvalue weighted by Gasteiger charge is -2.21. The fraction of sp³-hybridized carbons (Fsp3) is 0.267. The zero-order valence-electron chi connectivity index (χ0n) is 12.0. The number of rotatable bonds is 5. The van der Waals surface area contributed by atoms with E-state index < -0.39 is 0 Å². The van der Waals surface area contributed by atoms with Gasteiger partial charge in [-0.2, -0.15) is 10.2 Å². The van der Waals surface area contributed by atoms with Gasteiger partial charge in [0.15, 0.2) is 5.82 Å². The van der Waals surface area contributed by atoms with E-state index in [2.05, 4.69) is 44.2 Å². The summed E-state index contributed by atoms with van der Waals surface area (Å²) in [5.41, 5.74) is 1.41. The van der Waals surface area contributed by atoms with Crippen molar-refractivity contribution in [2.75, 3.05) is 23.8 Å². The van der Waals surface area contributed by atoms with E-state index in [4.69, 9.17) is 0 Å². The van der Waals surface area contributed by atoms with E-state index in [1.165, 1.54) is 0 Å². The summed E-state index contributed by atoms with van der Waals surface area (Å²) in [6.45, 7) is 2.90. The van der Waals surface area contributed by atoms with Crippen molar-refractivity contribution < 1.29 is 0 Å². The molecule has 0 aliphatic rings. The Kier molecular flexibility index (Phi) is 5.12. The molecule has 0 radical (unpaired) electrons. The third kappa shape index (κ3) is 3.50. The first-order chi connectivity index (χ1) is 10.2. The van der Waals surface area contributed by atoms with Gasteiger partial charge in [-0.25, -0.2) is 4.98 Å². The van der Waals surface area contributed by atoms with Gasteiger partial charge in [-0.05, 0) is 34.5 Å². The van der Waals surface area contributed by atoms with Gasteiger partial charge in [0, 0.05) is 19.8 Å². The number of halogens is 1. The SMILES string of the molecule is CCCNc1ncc(Br)c(N(C)c2ccccc2C#N)n1. The van der Waals surface area contributed by atoms with Crippen molar-refractivity contribution in [2.45, 2.75) is 13.3 Å². The van der Waals surface area contributed by atoms with Crippen molar-refractivity contribution in [2.24, 2.45) is 0 Å². The highest BCUT2D eigenvalue weighted by atomic mass is 79.9. The third-order valence-corrected chi connectivity index (χ3v) is 3.52. The molecule has 6 heteroatoms. The van der Waals surface area contributed by atoms with Crippen molar-refractivity contribution in [1.82, 2.24) is 9.97 Å². The molecule has 1 aromatic heterocycles. The van der Waals surface area contributed by atoms with Gasteiger partial charge in [0.25, 0.3) is 0 Å². The molecule has 0 saturated carbocycles. The molecule has 108 valence electrons. The maximum absolute atomic E-state index is 9.22. The standard InChI is InChI=1S/C15H16BrN5/c1-3-8-18-15-19-10-12(16)14(20-15)21(2)13-7-5-4-6-11(13)9-17/h4-7,10H,3,8H2,1-2H3,(H,18,19,20). The van der Waals surface area contributed by atoms with E-state index in [0.29, 0.717) is 17.3 Å². The fourth-order valence-electron chi connectivity index (χ4n) is 1.89. The number of aromatic nitrogens is 2. The number of anilines is 3. The van der Waals surface area contributed by atoms with Crippen molar-refractivity contribution in [3.05, 3.63) is 40.5 Å². The van der Waals surface area contributed by atoms with Gasteiger partial charge in [0.1, 0.15) is 6.07 Å². The monoisotopic (exact) mass is 345 g/mol. The summed E-state index contributed by atoms with van der Waals surface area (Å²) < 4.78 is 0.778. The molecule has 0 saturated heterocycles. The van der Waals surface area contributed by atoms with Crippen molar-refractivity contribution in [3.8, 4) is 6.07 Å². The van der Waals surface area contributed by atoms with Gasteiger partial charge < -0.3 is 10.2 Å². The Morgan fingerprint density at radius 2 is 2.14 bits per heavy atom. The molecule has 0 amide bonds. The Labute approximate surface area is 132 Å². The normalized spacial score (nSPS) is 10.0. The number of benzene rings is 1. The van der Waals surface area contributed by atoms with Gasteiger partial charge in [-0.1, -0.05) is 19.1 Å². The molecule has 2 rings (SSSR count). The number of para-hydroxylation sites is 1. The van der Waals surface area contributed by atoms with E-state index in [9.17, 15) is 5.26 Å². The zero-order chi connectivity index (χ0) is 15.2. The highest BCUT2D eigenvalue weighted by Crippen LogP contribution is 2.31. The molecular weight excluding hydrogens is 330 g/mol. The van der Waals surface area contributed by atoms with E-state index >= 15 is 0 Å². The Balaban J connectivity index is 2.38. The van der Waals surface area contributed by atoms with Gasteiger partial charge in [0.2, 0.25) is 5.95 Å². The topological polar surface area (TPSA) is 64.8 Å². The summed E-state index contributed by atoms with van der Waals surface area (Å²) in [6.07, 6.45) is 2.72. The van der Waals surface area contributed by atoms with Gasteiger partial charge >= 0.3 is 0 Å². The minimum Gasteiger partial charge on any atom is -0.354 e. The van der Waals surface area contributed by atoms with Crippen LogP contribution in [0.25, 0.3) is 0 Å². The summed E-state index contributed by atoms with van der Waals surface area (Å²) in [5, 5.41) is 12.4. The Morgan fingerprint density at radius 3 is 2.86 bits per heavy atom. The molecule has 0 bridgehead atoms. The smallest absolute Gasteiger partial charge is 0.224 e. The third-order valence-electron chi connectivity index (χ3n) is 2.96. The Bertz CT molecular complexity index is 665. The van der Waals surface area contributed by atoms with Crippen LogP contribution in [0.5, 0.6) is 0 Å². The quantitative estimate of drug-likeness (QED) is 0.894. The molecule has 0 unspecified atom stereocenters. The largest absolute Gasteiger partial charge is 0.354 e. The second-order valence-corrected chi connectivity index (χ2v) is 5.33. The minimum atomic E-state index is 0.580. The predicted molar refractivity (Wildman–Crippen MR) is 87.7 cm³/mol. The summed E-state index contributed by atoms with van der Waals surface area (Å²) in [7, 11) is 1.88. The second kappa shape index (κ2) is 7.04. The molecule has 0 aliphatic heterocycles. The maximum atomic E-state index is 9.22. The molecule has 0 aliphatic carbocycles. The van der Waals surface area contributed by atoms with Crippen molar-refractivity contribution in [1.29, 1.82) is 5.26 Å². The van der Waals surface area contributed by atoms with Crippen LogP contribution < -0.4 is 10.2 Å². The summed E-state index contributed by atoms with van der Waals surface area (Å²) in [5.74, 6) is 1.29. The number of hydrogen-bond donors (Lipinski definition) is 1. The molecular formula is C15H16BrN5. The molecule has 21 heavy (non-hydrogen) atoms. The average molecular weight is 346 g/mol. The van der Waals surface area contributed by atoms with Crippen LogP contribution in [0.1, 0.15) is 18.9 Å². The predicted octanol–water partition coefficient (Wildman–Crippen LogP) is 3.70. The Hall–Kier alpha value is -2.13. The van der Waals surface area contributed by atoms with Gasteiger partial charge in [-0.3, -0.25) is 0 Å². The lowest BCUT2D eigenvalue weighted by molar-refractivity contribution is 0.946. The highest BCUT2D eigenvalue weighted by Gasteiger charge is 2.14. The molecule has 1 heterocycles. The highest BCUT2D eigenvalue weighted by molar-refractivity contribution is 9.10. The summed E-state index contributed by atoms with van der Waals surface area (Å²) in [6, 6.07) is 9.63. The molecule has 0 atom stereocenters. The summed E-state index contributed by atoms with van der Waals surface area (Å²) in [4.78, 5) is 10.6. The molecule has 1 aromatic carbocycles. The first-order valence-corrected chi connectivity index (χ1v) is 7.46. The maximum Gasteiger partial charge on any atom is 0.224 e. The average Bonchev–Trinajstić information content (AvgIpc) is 2.53. The van der Waals surface area contributed by atoms with Crippen LogP contribution in [-0.2, 0) is 0 Å². The molecule has 2 aromatic rings. The molecule has 0 spiro atoms. The molecule has 5 nitrogen and oxygen atoms in total. The Morgan fingerprint density at radius 1 is 1.38 bits per heavy atom. The van der Waals surface area contributed by atoms with E-state index in [1.807, 2.05) is 30.1 Å². The van der Waals surface area contributed by atoms with Crippen LogP contribution in [0.15, 0.2) is 34.9 Å². The van der Waals surface area contributed by atoms with E-state index in [0.717, 1.165) is 23.1 Å². The van der Waals surface area contributed by atoms with Crippen molar-refractivity contribution in [3.63, 3.8) is 0 Å². The van der Waals surface area contributed by atoms with Crippen LogP contribution in [-0.4, -0.2) is 23.6 Å². The fourth-order valence-corrected chi connectivity index (χ4v) is 2.35. The van der Waals surface area contributed by atoms with Crippen LogP contribution >= 0.6 is 15.9 Å². The number of nitrogens with one attached hydrogen (secondary N) is 1. The number of nitrogens with zero attached hydrogens (tertiary/aromatic N) is 4. The van der Waals surface area contributed by atoms with Gasteiger partial charge in [-0.15, -0.1) is 0 Å². The number of hydrogen-bond acceptors (Lipinski definition) is 5. The second-order valence-electron chi connectivity index (χ2n) is 4.48. The van der Waals surface area contributed by atoms with Crippen LogP contribution in [0.2, 0.25) is 0 Å². The van der Waals surface area contributed by atoms with Gasteiger partial charge in [0.05, 0.1) is 15.7 Å². The minimum absolute atomic E-state index is 0.580. The lowest BCUT2D eigenvalue weighted by atomic mass is 10.2. The first kappa shape index (κ1) is 15.3.